The van der Waals surface area contributed by atoms with Crippen LogP contribution in [0.5, 0.6) is 0 Å². The van der Waals surface area contributed by atoms with Gasteiger partial charge in [-0.2, -0.15) is 0 Å². The maximum absolute atomic E-state index is 10.1. The average Bonchev–Trinajstić information content (AvgIpc) is 2.20. The van der Waals surface area contributed by atoms with E-state index in [1.165, 1.54) is 44.6 Å². The van der Waals surface area contributed by atoms with E-state index < -0.39 is 5.97 Å². The van der Waals surface area contributed by atoms with Gasteiger partial charge in [0.25, 0.3) is 0 Å². The first-order valence-electron chi connectivity index (χ1n) is 5.73. The van der Waals surface area contributed by atoms with Crippen LogP contribution in [0.25, 0.3) is 0 Å². The van der Waals surface area contributed by atoms with Crippen LogP contribution in [0.15, 0.2) is 12.2 Å². The molecule has 0 fully saturated rings. The Kier molecular flexibility index (Phi) is 11.5. The van der Waals surface area contributed by atoms with Crippen molar-refractivity contribution >= 4 is 21.9 Å². The predicted octanol–water partition coefficient (Wildman–Crippen LogP) is 4.14. The Hall–Kier alpha value is -0.310. The number of alkyl halides is 1. The van der Waals surface area contributed by atoms with Gasteiger partial charge in [-0.1, -0.05) is 54.1 Å². The lowest BCUT2D eigenvalue weighted by Crippen LogP contribution is -1.85. The number of hydrogen-bond donors (Lipinski definition) is 1. The third-order valence-electron chi connectivity index (χ3n) is 2.26. The molecule has 0 rings (SSSR count). The summed E-state index contributed by atoms with van der Waals surface area (Å²) in [6.07, 6.45) is 12.7. The molecule has 0 aliphatic rings. The number of carboxylic acid groups (broad SMARTS) is 1. The second-order valence-electron chi connectivity index (χ2n) is 3.69. The predicted molar refractivity (Wildman–Crippen MR) is 67.5 cm³/mol. The monoisotopic (exact) mass is 276 g/mol. The Balaban J connectivity index is 3.02. The van der Waals surface area contributed by atoms with Gasteiger partial charge in [0, 0.05) is 11.4 Å². The van der Waals surface area contributed by atoms with Gasteiger partial charge in [-0.15, -0.1) is 0 Å². The van der Waals surface area contributed by atoms with Gasteiger partial charge in [0.15, 0.2) is 0 Å². The van der Waals surface area contributed by atoms with Crippen molar-refractivity contribution in [3.63, 3.8) is 0 Å². The molecule has 0 spiro atoms. The molecule has 0 amide bonds. The molecule has 0 atom stereocenters. The van der Waals surface area contributed by atoms with E-state index in [1.807, 2.05) is 0 Å². The molecular weight excluding hydrogens is 256 g/mol. The third-order valence-corrected chi connectivity index (χ3v) is 2.83. The molecule has 0 bridgehead atoms. The van der Waals surface area contributed by atoms with Crippen LogP contribution in [0.1, 0.15) is 51.4 Å². The second-order valence-corrected chi connectivity index (χ2v) is 4.49. The molecule has 0 radical (unpaired) electrons. The zero-order chi connectivity index (χ0) is 11.4. The van der Waals surface area contributed by atoms with Gasteiger partial charge in [0.1, 0.15) is 0 Å². The highest BCUT2D eigenvalue weighted by Crippen LogP contribution is 2.09. The highest BCUT2D eigenvalue weighted by atomic mass is 79.9. The number of allylic oxidation sites excluding steroid dienone is 1. The first-order chi connectivity index (χ1) is 7.27. The topological polar surface area (TPSA) is 37.3 Å². The summed E-state index contributed by atoms with van der Waals surface area (Å²) in [4.78, 5) is 10.1. The van der Waals surface area contributed by atoms with Crippen LogP contribution in [0.3, 0.4) is 0 Å². The van der Waals surface area contributed by atoms with Gasteiger partial charge in [-0.3, -0.25) is 0 Å². The molecule has 0 aromatic rings. The molecule has 0 saturated heterocycles. The third kappa shape index (κ3) is 13.7. The van der Waals surface area contributed by atoms with E-state index in [9.17, 15) is 4.79 Å². The summed E-state index contributed by atoms with van der Waals surface area (Å²) in [5.74, 6) is -0.843. The second kappa shape index (κ2) is 11.8. The lowest BCUT2D eigenvalue weighted by molar-refractivity contribution is -0.131. The van der Waals surface area contributed by atoms with Crippen molar-refractivity contribution in [1.82, 2.24) is 0 Å². The summed E-state index contributed by atoms with van der Waals surface area (Å²) in [5, 5.41) is 9.46. The molecule has 0 unspecified atom stereocenters. The van der Waals surface area contributed by atoms with E-state index in [0.29, 0.717) is 0 Å². The fraction of sp³-hybridized carbons (Fsp3) is 0.750. The number of carbonyl (C=O) groups is 1. The summed E-state index contributed by atoms with van der Waals surface area (Å²) >= 11 is 3.42. The van der Waals surface area contributed by atoms with Gasteiger partial charge in [0.05, 0.1) is 0 Å². The van der Waals surface area contributed by atoms with Gasteiger partial charge >= 0.3 is 5.97 Å². The minimum atomic E-state index is -0.843. The molecular formula is C12H21BrO2. The van der Waals surface area contributed by atoms with Crippen molar-refractivity contribution in [1.29, 1.82) is 0 Å². The molecule has 0 aromatic heterocycles. The number of unbranched alkanes of at least 4 members (excludes halogenated alkanes) is 7. The number of carboxylic acids is 1. The van der Waals surface area contributed by atoms with Crippen molar-refractivity contribution in [3.8, 4) is 0 Å². The van der Waals surface area contributed by atoms with Crippen molar-refractivity contribution in [2.24, 2.45) is 0 Å². The molecule has 2 nitrogen and oxygen atoms in total. The first-order valence-corrected chi connectivity index (χ1v) is 6.85. The molecule has 0 aliphatic heterocycles. The summed E-state index contributed by atoms with van der Waals surface area (Å²) in [7, 11) is 0. The summed E-state index contributed by atoms with van der Waals surface area (Å²) in [6, 6.07) is 0. The molecule has 0 aliphatic carbocycles. The van der Waals surface area contributed by atoms with Crippen molar-refractivity contribution in [2.45, 2.75) is 51.4 Å². The number of aliphatic carboxylic acids is 1. The average molecular weight is 277 g/mol. The standard InChI is InChI=1S/C12H21BrO2/c13-11-9-7-5-3-1-2-4-6-8-10-12(14)15/h8,10H,1-7,9,11H2,(H,14,15). The zero-order valence-electron chi connectivity index (χ0n) is 9.25. The summed E-state index contributed by atoms with van der Waals surface area (Å²) in [5.41, 5.74) is 0. The largest absolute Gasteiger partial charge is 0.478 e. The quantitative estimate of drug-likeness (QED) is 0.370. The lowest BCUT2D eigenvalue weighted by atomic mass is 10.1. The number of halogens is 1. The Bertz CT molecular complexity index is 178. The molecule has 0 heterocycles. The van der Waals surface area contributed by atoms with Crippen LogP contribution < -0.4 is 0 Å². The fourth-order valence-electron chi connectivity index (χ4n) is 1.42. The van der Waals surface area contributed by atoms with Crippen LogP contribution >= 0.6 is 15.9 Å². The van der Waals surface area contributed by atoms with Crippen LogP contribution in [-0.2, 0) is 4.79 Å². The molecule has 0 aromatic carbocycles. The maximum atomic E-state index is 10.1. The molecule has 1 N–H and O–H groups in total. The van der Waals surface area contributed by atoms with E-state index in [1.54, 1.807) is 6.08 Å². The molecule has 0 saturated carbocycles. The van der Waals surface area contributed by atoms with Gasteiger partial charge in [-0.25, -0.2) is 4.79 Å². The Labute approximate surface area is 101 Å². The Morgan fingerprint density at radius 3 is 2.07 bits per heavy atom. The molecule has 88 valence electrons. The number of rotatable bonds is 10. The van der Waals surface area contributed by atoms with Gasteiger partial charge < -0.3 is 5.11 Å². The van der Waals surface area contributed by atoms with E-state index in [0.717, 1.165) is 18.2 Å². The highest BCUT2D eigenvalue weighted by molar-refractivity contribution is 9.09. The Morgan fingerprint density at radius 1 is 1.00 bits per heavy atom. The summed E-state index contributed by atoms with van der Waals surface area (Å²) in [6.45, 7) is 0. The van der Waals surface area contributed by atoms with Crippen LogP contribution in [0.4, 0.5) is 0 Å². The van der Waals surface area contributed by atoms with E-state index in [-0.39, 0.29) is 0 Å². The maximum Gasteiger partial charge on any atom is 0.327 e. The number of hydrogen-bond acceptors (Lipinski definition) is 1. The lowest BCUT2D eigenvalue weighted by Gasteiger charge is -1.99. The molecule has 15 heavy (non-hydrogen) atoms. The smallest absolute Gasteiger partial charge is 0.327 e. The minimum Gasteiger partial charge on any atom is -0.478 e. The summed E-state index contributed by atoms with van der Waals surface area (Å²) < 4.78 is 0. The van der Waals surface area contributed by atoms with Crippen LogP contribution in [0, 0.1) is 0 Å². The SMILES string of the molecule is O=C(O)C=CCCCCCCCCCBr. The van der Waals surface area contributed by atoms with Crippen LogP contribution in [-0.4, -0.2) is 16.4 Å². The van der Waals surface area contributed by atoms with Gasteiger partial charge in [0.2, 0.25) is 0 Å². The molecule has 3 heteroatoms. The first kappa shape index (κ1) is 14.7. The van der Waals surface area contributed by atoms with Gasteiger partial charge in [-0.05, 0) is 19.3 Å². The minimum absolute atomic E-state index is 0.843. The fourth-order valence-corrected chi connectivity index (χ4v) is 1.82. The normalized spacial score (nSPS) is 11.0. The zero-order valence-corrected chi connectivity index (χ0v) is 10.8. The highest BCUT2D eigenvalue weighted by Gasteiger charge is 1.91. The van der Waals surface area contributed by atoms with Crippen molar-refractivity contribution in [2.75, 3.05) is 5.33 Å². The van der Waals surface area contributed by atoms with Crippen molar-refractivity contribution < 1.29 is 9.90 Å². The van der Waals surface area contributed by atoms with E-state index in [4.69, 9.17) is 5.11 Å². The van der Waals surface area contributed by atoms with Crippen LogP contribution in [0.2, 0.25) is 0 Å². The van der Waals surface area contributed by atoms with Crippen molar-refractivity contribution in [3.05, 3.63) is 12.2 Å². The van der Waals surface area contributed by atoms with E-state index >= 15 is 0 Å². The van der Waals surface area contributed by atoms with E-state index in [2.05, 4.69) is 15.9 Å². The Morgan fingerprint density at radius 2 is 1.53 bits per heavy atom.